The molecule has 1 saturated heterocycles. The summed E-state index contributed by atoms with van der Waals surface area (Å²) in [6.45, 7) is 4.20. The van der Waals surface area contributed by atoms with Gasteiger partial charge in [-0.25, -0.2) is 0 Å². The average Bonchev–Trinajstić information content (AvgIpc) is 3.52. The monoisotopic (exact) mass is 482 g/mol. The van der Waals surface area contributed by atoms with Crippen molar-refractivity contribution < 1.29 is 9.59 Å². The van der Waals surface area contributed by atoms with E-state index in [-0.39, 0.29) is 0 Å². The number of carbonyl (C=O) groups excluding carboxylic acids is 2. The third kappa shape index (κ3) is 3.83. The number of nitrogens with zero attached hydrogens (tertiary/aromatic N) is 2. The van der Waals surface area contributed by atoms with Crippen molar-refractivity contribution in [1.82, 2.24) is 19.8 Å². The lowest BCUT2D eigenvalue weighted by Gasteiger charge is -2.26. The molecule has 184 valence electrons. The highest BCUT2D eigenvalue weighted by molar-refractivity contribution is 6.50. The molecule has 2 aromatic heterocycles. The molecule has 0 aliphatic carbocycles. The third-order valence-corrected chi connectivity index (χ3v) is 7.40. The summed E-state index contributed by atoms with van der Waals surface area (Å²) < 4.78 is 2.18. The van der Waals surface area contributed by atoms with E-state index in [1.807, 2.05) is 36.5 Å². The second-order valence-electron chi connectivity index (χ2n) is 9.81. The fourth-order valence-corrected chi connectivity index (χ4v) is 5.66. The first kappa shape index (κ1) is 22.4. The highest BCUT2D eigenvalue weighted by Gasteiger charge is 2.35. The quantitative estimate of drug-likeness (QED) is 0.246. The molecule has 4 heterocycles. The Kier molecular flexibility index (Phi) is 5.53. The Morgan fingerprint density at radius 2 is 1.50 bits per heavy atom. The fraction of sp³-hybridized carbons (Fsp3) is 0.286. The van der Waals surface area contributed by atoms with Crippen molar-refractivity contribution in [2.75, 3.05) is 31.1 Å². The summed E-state index contributed by atoms with van der Waals surface area (Å²) in [7, 11) is 0. The zero-order chi connectivity index (χ0) is 24.8. The molecule has 1 fully saturated rings. The number of hydrogen-bond donors (Lipinski definition) is 4. The number of likely N-dealkylation sites (tertiary alicyclic amines) is 1. The summed E-state index contributed by atoms with van der Waals surface area (Å²) in [5.41, 5.74) is 17.3. The van der Waals surface area contributed by atoms with Crippen LogP contribution in [-0.2, 0) is 16.1 Å². The van der Waals surface area contributed by atoms with Gasteiger partial charge in [-0.2, -0.15) is 0 Å². The van der Waals surface area contributed by atoms with Crippen LogP contribution in [0.1, 0.15) is 36.8 Å². The summed E-state index contributed by atoms with van der Waals surface area (Å²) in [5, 5.41) is 4.18. The van der Waals surface area contributed by atoms with Gasteiger partial charge >= 0.3 is 0 Å². The van der Waals surface area contributed by atoms with Gasteiger partial charge in [0, 0.05) is 63.2 Å². The number of nitrogen functional groups attached to an aromatic ring is 2. The number of hydrogen-bond acceptors (Lipinski definition) is 5. The fourth-order valence-electron chi connectivity index (χ4n) is 5.66. The molecule has 8 heteroatoms. The maximum atomic E-state index is 13.2. The van der Waals surface area contributed by atoms with Gasteiger partial charge in [0.2, 0.25) is 0 Å². The Balaban J connectivity index is 1.45. The second kappa shape index (κ2) is 8.87. The van der Waals surface area contributed by atoms with E-state index in [4.69, 9.17) is 11.5 Å². The average molecular weight is 483 g/mol. The van der Waals surface area contributed by atoms with E-state index < -0.39 is 11.8 Å². The molecule has 2 aliphatic heterocycles. The number of aromatic nitrogens is 2. The second-order valence-corrected chi connectivity index (χ2v) is 9.81. The number of aryl methyl sites for hydroxylation is 1. The normalized spacial score (nSPS) is 17.0. The molecule has 0 saturated carbocycles. The zero-order valence-electron chi connectivity index (χ0n) is 20.1. The maximum Gasteiger partial charge on any atom is 0.259 e. The zero-order valence-corrected chi connectivity index (χ0v) is 20.1. The standard InChI is InChI=1S/C28H30N6O2/c29-17-5-7-23-19(13-17)21(15-31-23)25-26(28(36)32-27(25)35)22-16-34(24-8-6-18(30)14-20(22)24)12-4-11-33-9-2-1-3-10-33/h5-8,13-16,31H,1-4,9-12,29-30H2,(H,32,35,36). The van der Waals surface area contributed by atoms with Crippen LogP contribution in [0, 0.1) is 0 Å². The molecule has 8 nitrogen and oxygen atoms in total. The van der Waals surface area contributed by atoms with Crippen molar-refractivity contribution >= 4 is 56.1 Å². The highest BCUT2D eigenvalue weighted by Crippen LogP contribution is 2.39. The largest absolute Gasteiger partial charge is 0.399 e. The molecule has 6 N–H and O–H groups in total. The lowest BCUT2D eigenvalue weighted by atomic mass is 9.95. The number of rotatable bonds is 6. The molecule has 0 spiro atoms. The van der Waals surface area contributed by atoms with Gasteiger partial charge < -0.3 is 25.9 Å². The van der Waals surface area contributed by atoms with Gasteiger partial charge in [0.1, 0.15) is 0 Å². The van der Waals surface area contributed by atoms with Crippen LogP contribution in [-0.4, -0.2) is 45.9 Å². The number of benzene rings is 2. The van der Waals surface area contributed by atoms with Gasteiger partial charge in [0.05, 0.1) is 11.1 Å². The number of fused-ring (bicyclic) bond motifs is 2. The summed E-state index contributed by atoms with van der Waals surface area (Å²) in [4.78, 5) is 32.0. The Bertz CT molecular complexity index is 1540. The molecule has 2 aromatic carbocycles. The predicted molar refractivity (Wildman–Crippen MR) is 144 cm³/mol. The Morgan fingerprint density at radius 3 is 2.28 bits per heavy atom. The van der Waals surface area contributed by atoms with Crippen molar-refractivity contribution in [3.05, 3.63) is 59.9 Å². The van der Waals surface area contributed by atoms with E-state index in [0.717, 1.165) is 41.3 Å². The van der Waals surface area contributed by atoms with Crippen LogP contribution in [0.3, 0.4) is 0 Å². The molecular formula is C28H30N6O2. The molecular weight excluding hydrogens is 452 g/mol. The van der Waals surface area contributed by atoms with E-state index >= 15 is 0 Å². The number of H-pyrrole nitrogens is 1. The number of aromatic amines is 1. The van der Waals surface area contributed by atoms with Gasteiger partial charge in [0.15, 0.2) is 0 Å². The topological polar surface area (TPSA) is 122 Å². The SMILES string of the molecule is Nc1ccc2[nH]cc(C3=C(c4cn(CCCN5CCCCC5)c5ccc(N)cc45)C(=O)NC3=O)c2c1. The van der Waals surface area contributed by atoms with Crippen molar-refractivity contribution in [2.45, 2.75) is 32.2 Å². The van der Waals surface area contributed by atoms with Crippen molar-refractivity contribution in [3.63, 3.8) is 0 Å². The molecule has 2 aliphatic rings. The van der Waals surface area contributed by atoms with Gasteiger partial charge in [-0.05, 0) is 75.3 Å². The molecule has 36 heavy (non-hydrogen) atoms. The number of imide groups is 1. The van der Waals surface area contributed by atoms with Crippen LogP contribution in [0.25, 0.3) is 33.0 Å². The van der Waals surface area contributed by atoms with Crippen LogP contribution in [0.15, 0.2) is 48.8 Å². The summed E-state index contributed by atoms with van der Waals surface area (Å²) in [6.07, 6.45) is 8.64. The molecule has 0 atom stereocenters. The van der Waals surface area contributed by atoms with Crippen LogP contribution in [0.4, 0.5) is 11.4 Å². The molecule has 0 unspecified atom stereocenters. The smallest absolute Gasteiger partial charge is 0.259 e. The van der Waals surface area contributed by atoms with Crippen molar-refractivity contribution in [1.29, 1.82) is 0 Å². The Labute approximate surface area is 208 Å². The van der Waals surface area contributed by atoms with Crippen molar-refractivity contribution in [3.8, 4) is 0 Å². The van der Waals surface area contributed by atoms with E-state index in [0.29, 0.717) is 33.6 Å². The first-order valence-electron chi connectivity index (χ1n) is 12.6. The number of anilines is 2. The van der Waals surface area contributed by atoms with Crippen LogP contribution in [0.2, 0.25) is 0 Å². The van der Waals surface area contributed by atoms with Gasteiger partial charge in [-0.3, -0.25) is 14.9 Å². The highest BCUT2D eigenvalue weighted by atomic mass is 16.2. The Hall–Kier alpha value is -4.04. The van der Waals surface area contributed by atoms with Crippen LogP contribution >= 0.6 is 0 Å². The first-order valence-corrected chi connectivity index (χ1v) is 12.6. The molecule has 2 amide bonds. The first-order chi connectivity index (χ1) is 17.5. The molecule has 4 aromatic rings. The molecule has 0 radical (unpaired) electrons. The van der Waals surface area contributed by atoms with Crippen molar-refractivity contribution in [2.24, 2.45) is 0 Å². The lowest BCUT2D eigenvalue weighted by molar-refractivity contribution is -0.122. The van der Waals surface area contributed by atoms with Crippen LogP contribution < -0.4 is 16.8 Å². The number of piperidine rings is 1. The van der Waals surface area contributed by atoms with Gasteiger partial charge in [-0.1, -0.05) is 6.42 Å². The number of nitrogens with one attached hydrogen (secondary N) is 2. The number of carbonyl (C=O) groups is 2. The number of nitrogens with two attached hydrogens (primary N) is 2. The lowest BCUT2D eigenvalue weighted by Crippen LogP contribution is -2.31. The third-order valence-electron chi connectivity index (χ3n) is 7.40. The van der Waals surface area contributed by atoms with Gasteiger partial charge in [-0.15, -0.1) is 0 Å². The maximum absolute atomic E-state index is 13.2. The minimum Gasteiger partial charge on any atom is -0.399 e. The summed E-state index contributed by atoms with van der Waals surface area (Å²) in [5.74, 6) is -0.809. The van der Waals surface area contributed by atoms with E-state index in [2.05, 4.69) is 19.8 Å². The summed E-state index contributed by atoms with van der Waals surface area (Å²) >= 11 is 0. The molecule has 0 bridgehead atoms. The summed E-state index contributed by atoms with van der Waals surface area (Å²) in [6, 6.07) is 11.3. The minimum absolute atomic E-state index is 0.353. The number of amides is 2. The van der Waals surface area contributed by atoms with E-state index in [1.54, 1.807) is 12.3 Å². The molecule has 6 rings (SSSR count). The minimum atomic E-state index is -0.409. The van der Waals surface area contributed by atoms with Crippen LogP contribution in [0.5, 0.6) is 0 Å². The van der Waals surface area contributed by atoms with E-state index in [9.17, 15) is 9.59 Å². The van der Waals surface area contributed by atoms with Gasteiger partial charge in [0.25, 0.3) is 11.8 Å². The Morgan fingerprint density at radius 1 is 0.806 bits per heavy atom. The predicted octanol–water partition coefficient (Wildman–Crippen LogP) is 3.73. The van der Waals surface area contributed by atoms with E-state index in [1.165, 1.54) is 32.4 Å².